The van der Waals surface area contributed by atoms with Crippen LogP contribution in [0.2, 0.25) is 0 Å². The molecular formula is C50H50N14O6. The third-order valence-electron chi connectivity index (χ3n) is 12.1. The molecule has 20 nitrogen and oxygen atoms in total. The number of pyridine rings is 2. The molecule has 0 aliphatic carbocycles. The van der Waals surface area contributed by atoms with Crippen LogP contribution in [0.15, 0.2) is 98.1 Å². The smallest absolute Gasteiger partial charge is 0.291 e. The lowest BCUT2D eigenvalue weighted by atomic mass is 10.1. The van der Waals surface area contributed by atoms with Crippen molar-refractivity contribution < 1.29 is 28.7 Å². The summed E-state index contributed by atoms with van der Waals surface area (Å²) in [5.74, 6) is 12.1. The lowest BCUT2D eigenvalue weighted by Crippen LogP contribution is -2.53. The fourth-order valence-electron chi connectivity index (χ4n) is 8.20. The van der Waals surface area contributed by atoms with Gasteiger partial charge in [-0.2, -0.15) is 0 Å². The number of piperazine rings is 1. The normalized spacial score (nSPS) is 19.1. The third-order valence-corrected chi connectivity index (χ3v) is 12.1. The second kappa shape index (κ2) is 20.8. The van der Waals surface area contributed by atoms with Crippen LogP contribution in [-0.4, -0.2) is 151 Å². The van der Waals surface area contributed by atoms with Crippen molar-refractivity contribution in [3.05, 3.63) is 132 Å². The number of benzene rings is 2. The highest BCUT2D eigenvalue weighted by molar-refractivity contribution is 6.04. The van der Waals surface area contributed by atoms with Crippen LogP contribution < -0.4 is 29.9 Å². The van der Waals surface area contributed by atoms with Crippen LogP contribution in [0.5, 0.6) is 11.5 Å². The predicted molar refractivity (Wildman–Crippen MR) is 256 cm³/mol. The molecule has 3 aliphatic rings. The summed E-state index contributed by atoms with van der Waals surface area (Å²) in [7, 11) is 3.30. The van der Waals surface area contributed by atoms with Crippen molar-refractivity contribution in [2.75, 3.05) is 63.2 Å². The number of nitrogens with zero attached hydrogens (tertiary/aromatic N) is 12. The van der Waals surface area contributed by atoms with Gasteiger partial charge in [0, 0.05) is 76.2 Å². The third kappa shape index (κ3) is 10.8. The molecule has 4 amide bonds. The minimum absolute atomic E-state index is 0.0585. The Hall–Kier alpha value is -8.46. The van der Waals surface area contributed by atoms with E-state index in [0.717, 1.165) is 48.4 Å². The number of rotatable bonds is 10. The Balaban J connectivity index is 0.739. The van der Waals surface area contributed by atoms with Gasteiger partial charge in [0.2, 0.25) is 11.6 Å². The largest absolute Gasteiger partial charge is 0.486 e. The summed E-state index contributed by atoms with van der Waals surface area (Å²) in [5.41, 5.74) is 4.37. The Morgan fingerprint density at radius 1 is 0.643 bits per heavy atom. The molecule has 70 heavy (non-hydrogen) atoms. The highest BCUT2D eigenvalue weighted by atomic mass is 16.5. The van der Waals surface area contributed by atoms with Crippen LogP contribution >= 0.6 is 0 Å². The first-order valence-corrected chi connectivity index (χ1v) is 22.7. The van der Waals surface area contributed by atoms with Gasteiger partial charge in [0.25, 0.3) is 23.6 Å². The van der Waals surface area contributed by atoms with Crippen molar-refractivity contribution in [2.24, 2.45) is 0 Å². The SMILES string of the molecule is C[C@H]1Oc2ccc(C#CCN3CCN(CC#Cc4ccc5c(c4)N(C)C(=O)[C@@H](NC(=O)c4ncn(Cc6cccnc6)n4)[C@@H](C)O5)CC3)cc2N(C)C(=O)[C@H]1NC(=O)c1ncn(Cc2cccnc2)n1. The van der Waals surface area contributed by atoms with E-state index in [1.807, 2.05) is 48.5 Å². The maximum Gasteiger partial charge on any atom is 0.291 e. The minimum Gasteiger partial charge on any atom is -0.486 e. The quantitative estimate of drug-likeness (QED) is 0.188. The van der Waals surface area contributed by atoms with Gasteiger partial charge in [0.15, 0.2) is 0 Å². The molecule has 9 rings (SSSR count). The van der Waals surface area contributed by atoms with Gasteiger partial charge in [0.1, 0.15) is 48.4 Å². The van der Waals surface area contributed by atoms with Gasteiger partial charge in [-0.05, 0) is 73.5 Å². The number of likely N-dealkylation sites (N-methyl/N-ethyl adjacent to an activating group) is 2. The highest BCUT2D eigenvalue weighted by Gasteiger charge is 2.38. The molecule has 0 unspecified atom stereocenters. The maximum atomic E-state index is 13.7. The second-order valence-corrected chi connectivity index (χ2v) is 17.1. The number of carbonyl (C=O) groups is 4. The fourth-order valence-corrected chi connectivity index (χ4v) is 8.20. The van der Waals surface area contributed by atoms with E-state index in [-0.39, 0.29) is 23.5 Å². The topological polar surface area (TPSA) is 211 Å². The summed E-state index contributed by atoms with van der Waals surface area (Å²) >= 11 is 0. The van der Waals surface area contributed by atoms with E-state index in [9.17, 15) is 19.2 Å². The van der Waals surface area contributed by atoms with Crippen LogP contribution in [0.25, 0.3) is 0 Å². The first-order valence-electron chi connectivity index (χ1n) is 22.7. The van der Waals surface area contributed by atoms with Gasteiger partial charge in [-0.1, -0.05) is 35.8 Å². The number of ether oxygens (including phenoxy) is 2. The number of anilines is 2. The number of nitrogens with one attached hydrogen (secondary N) is 2. The zero-order valence-electron chi connectivity index (χ0n) is 39.0. The predicted octanol–water partition coefficient (Wildman–Crippen LogP) is 1.86. The van der Waals surface area contributed by atoms with E-state index in [1.54, 1.807) is 64.9 Å². The van der Waals surface area contributed by atoms with Crippen LogP contribution in [0.3, 0.4) is 0 Å². The Bertz CT molecular complexity index is 2820. The zero-order valence-corrected chi connectivity index (χ0v) is 39.0. The Morgan fingerprint density at radius 3 is 1.47 bits per heavy atom. The number of hydrogen-bond acceptors (Lipinski definition) is 14. The molecule has 0 spiro atoms. The van der Waals surface area contributed by atoms with E-state index in [2.05, 4.69) is 74.2 Å². The van der Waals surface area contributed by atoms with Gasteiger partial charge in [-0.15, -0.1) is 10.2 Å². The highest BCUT2D eigenvalue weighted by Crippen LogP contribution is 2.34. The van der Waals surface area contributed by atoms with Crippen LogP contribution in [0, 0.1) is 23.7 Å². The molecule has 20 heteroatoms. The average Bonchev–Trinajstić information content (AvgIpc) is 4.02. The summed E-state index contributed by atoms with van der Waals surface area (Å²) in [4.78, 5) is 77.9. The van der Waals surface area contributed by atoms with Gasteiger partial charge >= 0.3 is 0 Å². The molecule has 4 aromatic heterocycles. The number of fused-ring (bicyclic) bond motifs is 2. The van der Waals surface area contributed by atoms with Crippen molar-refractivity contribution in [3.8, 4) is 35.2 Å². The van der Waals surface area contributed by atoms with Crippen molar-refractivity contribution in [2.45, 2.75) is 51.2 Å². The molecular weight excluding hydrogens is 893 g/mol. The van der Waals surface area contributed by atoms with Crippen LogP contribution in [0.1, 0.15) is 57.3 Å². The first-order chi connectivity index (χ1) is 33.9. The molecule has 1 fully saturated rings. The van der Waals surface area contributed by atoms with E-state index < -0.39 is 36.1 Å². The molecule has 2 aromatic carbocycles. The summed E-state index contributed by atoms with van der Waals surface area (Å²) in [6.07, 6.45) is 8.36. The number of aromatic nitrogens is 8. The van der Waals surface area contributed by atoms with Crippen LogP contribution in [0.4, 0.5) is 11.4 Å². The molecule has 2 N–H and O–H groups in total. The van der Waals surface area contributed by atoms with Crippen molar-refractivity contribution in [3.63, 3.8) is 0 Å². The summed E-state index contributed by atoms with van der Waals surface area (Å²) in [6, 6.07) is 16.4. The van der Waals surface area contributed by atoms with Crippen molar-refractivity contribution >= 4 is 35.0 Å². The van der Waals surface area contributed by atoms with Gasteiger partial charge in [0.05, 0.1) is 37.6 Å². The molecule has 7 heterocycles. The van der Waals surface area contributed by atoms with E-state index in [4.69, 9.17) is 9.47 Å². The Kier molecular flexibility index (Phi) is 13.9. The minimum atomic E-state index is -0.986. The number of carbonyl (C=O) groups excluding carboxylic acids is 4. The molecule has 6 aromatic rings. The molecule has 356 valence electrons. The molecule has 4 atom stereocenters. The van der Waals surface area contributed by atoms with E-state index in [1.165, 1.54) is 31.8 Å². The lowest BCUT2D eigenvalue weighted by molar-refractivity contribution is -0.122. The summed E-state index contributed by atoms with van der Waals surface area (Å²) in [5, 5.41) is 14.1. The Morgan fingerprint density at radius 2 is 1.07 bits per heavy atom. The molecule has 0 bridgehead atoms. The van der Waals surface area contributed by atoms with E-state index >= 15 is 0 Å². The second-order valence-electron chi connectivity index (χ2n) is 17.1. The average molecular weight is 943 g/mol. The van der Waals surface area contributed by atoms with Crippen molar-refractivity contribution in [1.29, 1.82) is 0 Å². The maximum absolute atomic E-state index is 13.7. The van der Waals surface area contributed by atoms with Crippen LogP contribution in [-0.2, 0) is 22.7 Å². The summed E-state index contributed by atoms with van der Waals surface area (Å²) < 4.78 is 15.5. The lowest BCUT2D eigenvalue weighted by Gasteiger charge is -2.32. The van der Waals surface area contributed by atoms with Gasteiger partial charge < -0.3 is 29.9 Å². The molecule has 0 saturated carbocycles. The zero-order chi connectivity index (χ0) is 48.7. The van der Waals surface area contributed by atoms with Gasteiger partial charge in [-0.25, -0.2) is 19.3 Å². The summed E-state index contributed by atoms with van der Waals surface area (Å²) in [6.45, 7) is 8.67. The molecule has 0 radical (unpaired) electrons. The van der Waals surface area contributed by atoms with Crippen molar-refractivity contribution in [1.82, 2.24) is 59.9 Å². The van der Waals surface area contributed by atoms with E-state index in [0.29, 0.717) is 49.1 Å². The first kappa shape index (κ1) is 46.6. The molecule has 1 saturated heterocycles. The Labute approximate surface area is 404 Å². The van der Waals surface area contributed by atoms with Gasteiger partial charge in [-0.3, -0.25) is 38.9 Å². The number of amides is 4. The monoisotopic (exact) mass is 942 g/mol. The standard InChI is InChI=1S/C50H50N14O6/c1-33-43(55-47(65)45-53-31-63(57-45)29-37-9-5-17-51-27-37)49(67)59(3)39-25-35(13-15-41(39)69-33)11-7-19-61-21-23-62(24-22-61)20-8-12-36-14-16-42-40(26-36)60(4)50(68)44(34(2)70-42)56-48(66)46-54-32-64(58-46)30-38-10-6-18-52-28-38/h5-6,9-10,13-18,25-28,31-34,43-44H,19-24,29-30H2,1-4H3,(H,55,65)(H,56,66)/t33-,34-,43+,44+/m1/s1. The number of hydrogen-bond donors (Lipinski definition) is 2. The molecule has 3 aliphatic heterocycles. The fraction of sp³-hybridized carbons (Fsp3) is 0.320.